The Hall–Kier alpha value is -1.58. The van der Waals surface area contributed by atoms with Crippen LogP contribution in [-0.4, -0.2) is 60.6 Å². The van der Waals surface area contributed by atoms with Gasteiger partial charge in [-0.3, -0.25) is 0 Å². The van der Waals surface area contributed by atoms with E-state index in [0.29, 0.717) is 48.6 Å². The van der Waals surface area contributed by atoms with Crippen LogP contribution in [0.2, 0.25) is 0 Å². The number of hydrogen-bond acceptors (Lipinski definition) is 9. The molecule has 1 aromatic carbocycles. The van der Waals surface area contributed by atoms with Crippen molar-refractivity contribution < 1.29 is 33.3 Å². The minimum atomic E-state index is -0.630. The summed E-state index contributed by atoms with van der Waals surface area (Å²) < 4.78 is 28.2. The highest BCUT2D eigenvalue weighted by atomic mass is 32.2. The Morgan fingerprint density at radius 1 is 1.09 bits per heavy atom. The lowest BCUT2D eigenvalue weighted by atomic mass is 9.55. The van der Waals surface area contributed by atoms with Gasteiger partial charge in [0.2, 0.25) is 0 Å². The molecule has 6 atom stereocenters. The zero-order chi connectivity index (χ0) is 31.7. The number of thiol groups is 1. The number of carbonyl (C=O) groups excluding carboxylic acids is 2. The normalized spacial score (nSPS) is 26.6. The molecule has 7 nitrogen and oxygen atoms in total. The lowest BCUT2D eigenvalue weighted by Crippen LogP contribution is -2.45. The molecule has 0 radical (unpaired) electrons. The molecule has 2 saturated carbocycles. The van der Waals surface area contributed by atoms with Crippen LogP contribution in [0, 0.1) is 17.3 Å². The van der Waals surface area contributed by atoms with Crippen molar-refractivity contribution in [2.75, 3.05) is 31.3 Å². The van der Waals surface area contributed by atoms with E-state index >= 15 is 0 Å². The van der Waals surface area contributed by atoms with Crippen LogP contribution in [0.5, 0.6) is 5.75 Å². The molecule has 0 aromatic heterocycles. The number of rotatable bonds is 15. The van der Waals surface area contributed by atoms with Crippen molar-refractivity contribution in [3.8, 4) is 5.75 Å². The largest absolute Gasteiger partial charge is 0.513 e. The van der Waals surface area contributed by atoms with E-state index in [1.54, 1.807) is 0 Å². The summed E-state index contributed by atoms with van der Waals surface area (Å²) in [6.45, 7) is 12.2. The van der Waals surface area contributed by atoms with Gasteiger partial charge in [-0.2, -0.15) is 24.4 Å². The minimum absolute atomic E-state index is 0.0188. The fraction of sp³-hybridized carbons (Fsp3) is 0.771. The number of ether oxygens (including phenoxy) is 5. The maximum atomic E-state index is 12.7. The molecule has 0 spiro atoms. The van der Waals surface area contributed by atoms with Gasteiger partial charge in [0.1, 0.15) is 11.9 Å². The quantitative estimate of drug-likeness (QED) is 0.0872. The van der Waals surface area contributed by atoms with Gasteiger partial charge in [0, 0.05) is 10.7 Å². The van der Waals surface area contributed by atoms with Gasteiger partial charge >= 0.3 is 12.3 Å². The summed E-state index contributed by atoms with van der Waals surface area (Å²) in [5.41, 5.74) is 2.50. The third kappa shape index (κ3) is 9.25. The fourth-order valence-electron chi connectivity index (χ4n) is 7.57. The molecule has 0 aliphatic heterocycles. The van der Waals surface area contributed by atoms with Gasteiger partial charge in [0.25, 0.3) is 0 Å². The van der Waals surface area contributed by atoms with Crippen molar-refractivity contribution in [1.29, 1.82) is 0 Å². The van der Waals surface area contributed by atoms with Crippen LogP contribution >= 0.6 is 24.4 Å². The molecule has 3 aliphatic carbocycles. The topological polar surface area (TPSA) is 80.3 Å². The average Bonchev–Trinajstić information content (AvgIpc) is 3.31. The summed E-state index contributed by atoms with van der Waals surface area (Å²) in [4.78, 5) is 24.7. The first-order valence-electron chi connectivity index (χ1n) is 16.7. The van der Waals surface area contributed by atoms with Gasteiger partial charge in [-0.15, -0.1) is 0 Å². The van der Waals surface area contributed by atoms with Crippen LogP contribution < -0.4 is 4.74 Å². The minimum Gasteiger partial charge on any atom is -0.434 e. The molecule has 248 valence electrons. The second-order valence-corrected chi connectivity index (χ2v) is 15.7. The Morgan fingerprint density at radius 3 is 2.64 bits per heavy atom. The molecule has 0 amide bonds. The van der Waals surface area contributed by atoms with Crippen molar-refractivity contribution in [3.63, 3.8) is 0 Å². The van der Waals surface area contributed by atoms with Gasteiger partial charge in [0.15, 0.2) is 0 Å². The van der Waals surface area contributed by atoms with Crippen LogP contribution in [0.1, 0.15) is 109 Å². The molecule has 9 heteroatoms. The van der Waals surface area contributed by atoms with Crippen molar-refractivity contribution in [1.82, 2.24) is 0 Å². The second kappa shape index (κ2) is 16.3. The maximum absolute atomic E-state index is 12.7. The van der Waals surface area contributed by atoms with E-state index in [4.69, 9.17) is 23.7 Å². The second-order valence-electron chi connectivity index (χ2n) is 13.7. The maximum Gasteiger partial charge on any atom is 0.513 e. The lowest BCUT2D eigenvalue weighted by Gasteiger charge is -2.50. The fourth-order valence-corrected chi connectivity index (χ4v) is 8.96. The highest BCUT2D eigenvalue weighted by Gasteiger charge is 2.56. The zero-order valence-electron chi connectivity index (χ0n) is 27.4. The first-order valence-corrected chi connectivity index (χ1v) is 18.4. The van der Waals surface area contributed by atoms with Crippen LogP contribution in [-0.2, 0) is 25.4 Å². The number of carbonyl (C=O) groups is 2. The molecule has 0 bridgehead atoms. The molecule has 1 aromatic rings. The monoisotopic (exact) mass is 650 g/mol. The average molecular weight is 651 g/mol. The van der Waals surface area contributed by atoms with Gasteiger partial charge in [0.05, 0.1) is 25.4 Å². The first-order chi connectivity index (χ1) is 21.1. The third-order valence-electron chi connectivity index (χ3n) is 10.1. The summed E-state index contributed by atoms with van der Waals surface area (Å²) in [7, 11) is 0. The van der Waals surface area contributed by atoms with E-state index in [1.807, 2.05) is 23.9 Å². The van der Waals surface area contributed by atoms with E-state index in [-0.39, 0.29) is 17.1 Å². The van der Waals surface area contributed by atoms with Crippen LogP contribution in [0.15, 0.2) is 18.2 Å². The lowest BCUT2D eigenvalue weighted by molar-refractivity contribution is -0.0543. The Labute approximate surface area is 274 Å². The molecule has 0 N–H and O–H groups in total. The predicted molar refractivity (Wildman–Crippen MR) is 179 cm³/mol. The predicted octanol–water partition coefficient (Wildman–Crippen LogP) is 9.01. The molecular formula is C35H54O7S2. The molecule has 44 heavy (non-hydrogen) atoms. The number of hydrogen-bond donors (Lipinski definition) is 1. The highest BCUT2D eigenvalue weighted by Crippen LogP contribution is 2.61. The SMILES string of the molecule is CCCCOC(=O)Oc1ccc2c(c1)CC[C@@H]1[C@H]3CC[C@@H](OC(=O)OCCCSC(C)COC(C)(C)CCS)[C@]3(C)CC[C@@H]21. The number of thioether (sulfide) groups is 1. The highest BCUT2D eigenvalue weighted by molar-refractivity contribution is 7.99. The van der Waals surface area contributed by atoms with E-state index in [2.05, 4.69) is 53.3 Å². The van der Waals surface area contributed by atoms with E-state index in [1.165, 1.54) is 11.1 Å². The van der Waals surface area contributed by atoms with Crippen LogP contribution in [0.25, 0.3) is 0 Å². The van der Waals surface area contributed by atoms with E-state index < -0.39 is 12.3 Å². The number of aryl methyl sites for hydroxylation is 1. The summed E-state index contributed by atoms with van der Waals surface area (Å²) in [5, 5.41) is 0.382. The summed E-state index contributed by atoms with van der Waals surface area (Å²) in [5.74, 6) is 3.87. The molecule has 0 heterocycles. The van der Waals surface area contributed by atoms with Crippen molar-refractivity contribution in [2.24, 2.45) is 17.3 Å². The van der Waals surface area contributed by atoms with E-state index in [0.717, 1.165) is 75.7 Å². The Bertz CT molecular complexity index is 1090. The summed E-state index contributed by atoms with van der Waals surface area (Å²) >= 11 is 6.16. The summed E-state index contributed by atoms with van der Waals surface area (Å²) in [6, 6.07) is 6.08. The Morgan fingerprint density at radius 2 is 1.86 bits per heavy atom. The number of unbranched alkanes of at least 4 members (excludes halogenated alkanes) is 1. The van der Waals surface area contributed by atoms with Crippen LogP contribution in [0.3, 0.4) is 0 Å². The van der Waals surface area contributed by atoms with Gasteiger partial charge in [-0.25, -0.2) is 9.59 Å². The number of benzene rings is 1. The standard InChI is InChI=1S/C35H54O7S2/c1-6-7-18-38-32(36)41-26-10-12-27-25(22-26)9-11-29-28(27)15-16-35(5)30(29)13-14-31(35)42-33(37)39-19-8-21-44-24(2)23-40-34(3,4)17-20-43/h10,12,22,24,28-31,43H,6-9,11,13-21,23H2,1-5H3/t24?,28-,29-,30+,31+,35+/m0/s1. The van der Waals surface area contributed by atoms with Gasteiger partial charge in [-0.05, 0) is 124 Å². The Kier molecular flexibility index (Phi) is 13.1. The molecule has 2 fully saturated rings. The zero-order valence-corrected chi connectivity index (χ0v) is 29.1. The molecule has 0 saturated heterocycles. The van der Waals surface area contributed by atoms with Gasteiger partial charge in [-0.1, -0.05) is 33.3 Å². The molecule has 1 unspecified atom stereocenters. The first kappa shape index (κ1) is 35.3. The molecular weight excluding hydrogens is 597 g/mol. The van der Waals surface area contributed by atoms with Crippen molar-refractivity contribution in [3.05, 3.63) is 29.3 Å². The van der Waals surface area contributed by atoms with E-state index in [9.17, 15) is 9.59 Å². The Balaban J connectivity index is 1.21. The number of fused-ring (bicyclic) bond motifs is 5. The van der Waals surface area contributed by atoms with Crippen molar-refractivity contribution >= 4 is 36.7 Å². The third-order valence-corrected chi connectivity index (χ3v) is 11.6. The van der Waals surface area contributed by atoms with Crippen molar-refractivity contribution in [2.45, 2.75) is 122 Å². The molecule has 4 rings (SSSR count). The molecule has 3 aliphatic rings. The van der Waals surface area contributed by atoms with Crippen LogP contribution in [0.4, 0.5) is 9.59 Å². The summed E-state index contributed by atoms with van der Waals surface area (Å²) in [6.07, 6.45) is 8.43. The van der Waals surface area contributed by atoms with Gasteiger partial charge < -0.3 is 23.7 Å². The smallest absolute Gasteiger partial charge is 0.434 e.